The van der Waals surface area contributed by atoms with E-state index in [1.165, 1.54) is 66.9 Å². The lowest BCUT2D eigenvalue weighted by Gasteiger charge is -2.19. The van der Waals surface area contributed by atoms with Gasteiger partial charge in [-0.25, -0.2) is 13.4 Å². The average molecular weight is 618 g/mol. The molecule has 0 atom stereocenters. The number of Topliss-reactive ketones (excluding diaryl/α,β-unsaturated/α-hetero) is 1. The number of hydrogen-bond donors (Lipinski definition) is 0. The quantitative estimate of drug-likeness (QED) is 0.104. The number of nitro benzene ring substituents is 1. The SMILES string of the molecule is CC(C)c1nc(-c2ccc(C(F)(F)F)cc2)sc1CCC(=O)c1ccc(N(C)S(=O)(=O)c2ccccc2[N+](=O)[O-])cc1. The average Bonchev–Trinajstić information content (AvgIpc) is 3.40. The first kappa shape index (κ1) is 30.8. The number of thiazole rings is 1. The lowest BCUT2D eigenvalue weighted by atomic mass is 10.0. The highest BCUT2D eigenvalue weighted by Crippen LogP contribution is 2.35. The zero-order chi connectivity index (χ0) is 30.8. The summed E-state index contributed by atoms with van der Waals surface area (Å²) in [5, 5.41) is 11.9. The second kappa shape index (κ2) is 12.0. The predicted molar refractivity (Wildman–Crippen MR) is 154 cm³/mol. The van der Waals surface area contributed by atoms with Crippen LogP contribution in [-0.4, -0.2) is 31.2 Å². The maximum absolute atomic E-state index is 13.1. The summed E-state index contributed by atoms with van der Waals surface area (Å²) in [6.45, 7) is 3.90. The molecule has 0 spiro atoms. The number of carbonyl (C=O) groups is 1. The largest absolute Gasteiger partial charge is 0.416 e. The van der Waals surface area contributed by atoms with Crippen LogP contribution in [0.15, 0.2) is 77.7 Å². The van der Waals surface area contributed by atoms with E-state index in [-0.39, 0.29) is 23.8 Å². The maximum atomic E-state index is 13.1. The molecule has 0 aliphatic rings. The topological polar surface area (TPSA) is 110 Å². The Bertz CT molecular complexity index is 1720. The Morgan fingerprint density at radius 1 is 1.02 bits per heavy atom. The van der Waals surface area contributed by atoms with Gasteiger partial charge >= 0.3 is 6.18 Å². The van der Waals surface area contributed by atoms with E-state index in [4.69, 9.17) is 0 Å². The van der Waals surface area contributed by atoms with Crippen molar-refractivity contribution in [1.82, 2.24) is 4.98 Å². The van der Waals surface area contributed by atoms with Gasteiger partial charge in [0, 0.05) is 35.5 Å². The number of hydrogen-bond acceptors (Lipinski definition) is 7. The van der Waals surface area contributed by atoms with Gasteiger partial charge in [0.05, 0.1) is 21.9 Å². The molecule has 0 saturated carbocycles. The molecule has 0 radical (unpaired) electrons. The van der Waals surface area contributed by atoms with Crippen molar-refractivity contribution in [3.63, 3.8) is 0 Å². The number of anilines is 1. The highest BCUT2D eigenvalue weighted by atomic mass is 32.2. The molecule has 0 fully saturated rings. The van der Waals surface area contributed by atoms with Gasteiger partial charge < -0.3 is 0 Å². The van der Waals surface area contributed by atoms with Gasteiger partial charge in [-0.15, -0.1) is 11.3 Å². The summed E-state index contributed by atoms with van der Waals surface area (Å²) in [4.78, 5) is 28.6. The van der Waals surface area contributed by atoms with Gasteiger partial charge in [0.15, 0.2) is 10.7 Å². The van der Waals surface area contributed by atoms with Crippen LogP contribution in [-0.2, 0) is 22.6 Å². The molecule has 0 bridgehead atoms. The van der Waals surface area contributed by atoms with Gasteiger partial charge in [0.2, 0.25) is 0 Å². The minimum Gasteiger partial charge on any atom is -0.294 e. The van der Waals surface area contributed by atoms with Crippen molar-refractivity contribution in [2.45, 2.75) is 43.7 Å². The molecule has 1 aromatic heterocycles. The number of rotatable bonds is 10. The summed E-state index contributed by atoms with van der Waals surface area (Å²) in [5.74, 6) is -0.156. The molecule has 1 heterocycles. The first-order valence-electron chi connectivity index (χ1n) is 12.7. The van der Waals surface area contributed by atoms with Gasteiger partial charge in [-0.3, -0.25) is 19.2 Å². The van der Waals surface area contributed by atoms with Crippen molar-refractivity contribution >= 4 is 38.5 Å². The molecular weight excluding hydrogens is 591 g/mol. The zero-order valence-corrected chi connectivity index (χ0v) is 24.4. The molecule has 8 nitrogen and oxygen atoms in total. The smallest absolute Gasteiger partial charge is 0.294 e. The molecule has 13 heteroatoms. The Hall–Kier alpha value is -4.10. The molecule has 0 amide bonds. The van der Waals surface area contributed by atoms with Gasteiger partial charge in [-0.1, -0.05) is 38.1 Å². The highest BCUT2D eigenvalue weighted by Gasteiger charge is 2.31. The minimum atomic E-state index is -4.43. The van der Waals surface area contributed by atoms with Crippen LogP contribution in [0.2, 0.25) is 0 Å². The Morgan fingerprint density at radius 2 is 1.64 bits per heavy atom. The van der Waals surface area contributed by atoms with Crippen molar-refractivity contribution in [2.75, 3.05) is 11.4 Å². The van der Waals surface area contributed by atoms with Crippen LogP contribution in [0.3, 0.4) is 0 Å². The first-order valence-corrected chi connectivity index (χ1v) is 15.0. The fourth-order valence-electron chi connectivity index (χ4n) is 4.26. The van der Waals surface area contributed by atoms with E-state index < -0.39 is 37.3 Å². The number of aromatic nitrogens is 1. The summed E-state index contributed by atoms with van der Waals surface area (Å²) in [7, 11) is -2.97. The number of carbonyl (C=O) groups excluding carboxylic acids is 1. The lowest BCUT2D eigenvalue weighted by Crippen LogP contribution is -2.27. The van der Waals surface area contributed by atoms with Crippen LogP contribution < -0.4 is 4.31 Å². The van der Waals surface area contributed by atoms with E-state index in [2.05, 4.69) is 4.98 Å². The van der Waals surface area contributed by atoms with E-state index in [9.17, 15) is 36.5 Å². The molecule has 0 saturated heterocycles. The van der Waals surface area contributed by atoms with Crippen LogP contribution in [0.1, 0.15) is 52.7 Å². The third kappa shape index (κ3) is 6.52. The van der Waals surface area contributed by atoms with Crippen LogP contribution in [0.25, 0.3) is 10.6 Å². The monoisotopic (exact) mass is 617 g/mol. The summed E-state index contributed by atoms with van der Waals surface area (Å²) in [6.07, 6.45) is -3.92. The molecule has 3 aromatic carbocycles. The molecular formula is C29H26F3N3O5S2. The standard InChI is InChI=1S/C29H26F3N3O5S2/c1-18(2)27-25(41-28(33-27)20-8-12-21(13-9-20)29(30,31)32)17-16-24(36)19-10-14-22(15-11-19)34(3)42(39,40)26-7-5-4-6-23(26)35(37)38/h4-15,18H,16-17H2,1-3H3. The Kier molecular flexibility index (Phi) is 8.83. The van der Waals surface area contributed by atoms with Crippen LogP contribution in [0.5, 0.6) is 0 Å². The summed E-state index contributed by atoms with van der Waals surface area (Å²) in [6, 6.07) is 15.7. The number of benzene rings is 3. The zero-order valence-electron chi connectivity index (χ0n) is 22.8. The summed E-state index contributed by atoms with van der Waals surface area (Å²) < 4.78 is 65.9. The summed E-state index contributed by atoms with van der Waals surface area (Å²) >= 11 is 1.34. The van der Waals surface area contributed by atoms with Crippen molar-refractivity contribution in [3.8, 4) is 10.6 Å². The second-order valence-electron chi connectivity index (χ2n) is 9.72. The third-order valence-corrected chi connectivity index (χ3v) is 9.58. The summed E-state index contributed by atoms with van der Waals surface area (Å²) in [5.41, 5.74) is 0.627. The van der Waals surface area contributed by atoms with Crippen molar-refractivity contribution in [1.29, 1.82) is 0 Å². The van der Waals surface area contributed by atoms with Gasteiger partial charge in [0.1, 0.15) is 5.01 Å². The Balaban J connectivity index is 1.48. The molecule has 0 unspecified atom stereocenters. The number of ketones is 1. The number of halogens is 3. The maximum Gasteiger partial charge on any atom is 0.416 e. The highest BCUT2D eigenvalue weighted by molar-refractivity contribution is 7.93. The molecule has 0 N–H and O–H groups in total. The third-order valence-electron chi connectivity index (χ3n) is 6.57. The van der Waals surface area contributed by atoms with Gasteiger partial charge in [-0.05, 0) is 54.8 Å². The van der Waals surface area contributed by atoms with Gasteiger partial charge in [0.25, 0.3) is 15.7 Å². The first-order chi connectivity index (χ1) is 19.7. The van der Waals surface area contributed by atoms with Crippen molar-refractivity contribution in [2.24, 2.45) is 0 Å². The number of alkyl halides is 3. The molecule has 220 valence electrons. The fraction of sp³-hybridized carbons (Fsp3) is 0.241. The Labute approximate surface area is 244 Å². The number of nitrogens with zero attached hydrogens (tertiary/aromatic N) is 3. The van der Waals surface area contributed by atoms with Crippen LogP contribution in [0.4, 0.5) is 24.5 Å². The number of sulfonamides is 1. The van der Waals surface area contributed by atoms with Crippen molar-refractivity contribution in [3.05, 3.63) is 105 Å². The fourth-order valence-corrected chi connectivity index (χ4v) is 6.83. The van der Waals surface area contributed by atoms with Crippen LogP contribution >= 0.6 is 11.3 Å². The molecule has 42 heavy (non-hydrogen) atoms. The van der Waals surface area contributed by atoms with Gasteiger partial charge in [-0.2, -0.15) is 13.2 Å². The second-order valence-corrected chi connectivity index (χ2v) is 12.7. The predicted octanol–water partition coefficient (Wildman–Crippen LogP) is 7.50. The molecule has 4 aromatic rings. The van der Waals surface area contributed by atoms with E-state index in [1.807, 2.05) is 13.8 Å². The normalized spacial score (nSPS) is 12.0. The number of nitro groups is 1. The van der Waals surface area contributed by atoms with E-state index in [1.54, 1.807) is 0 Å². The molecule has 4 rings (SSSR count). The van der Waals surface area contributed by atoms with E-state index in [0.29, 0.717) is 22.6 Å². The Morgan fingerprint density at radius 3 is 2.21 bits per heavy atom. The van der Waals surface area contributed by atoms with E-state index >= 15 is 0 Å². The molecule has 0 aliphatic carbocycles. The number of para-hydroxylation sites is 1. The lowest BCUT2D eigenvalue weighted by molar-refractivity contribution is -0.387. The van der Waals surface area contributed by atoms with Crippen molar-refractivity contribution < 1.29 is 31.3 Å². The van der Waals surface area contributed by atoms with E-state index in [0.717, 1.165) is 39.1 Å². The number of aryl methyl sites for hydroxylation is 1. The van der Waals surface area contributed by atoms with Crippen LogP contribution in [0, 0.1) is 10.1 Å². The molecule has 0 aliphatic heterocycles. The minimum absolute atomic E-state index is 0.0340.